The maximum absolute atomic E-state index is 12.0. The second-order valence-corrected chi connectivity index (χ2v) is 6.92. The Hall–Kier alpha value is -2.71. The van der Waals surface area contributed by atoms with Gasteiger partial charge in [-0.1, -0.05) is 48.6 Å². The van der Waals surface area contributed by atoms with Crippen molar-refractivity contribution in [3.05, 3.63) is 54.1 Å². The highest BCUT2D eigenvalue weighted by molar-refractivity contribution is 7.80. The van der Waals surface area contributed by atoms with Crippen molar-refractivity contribution in [3.63, 3.8) is 0 Å². The van der Waals surface area contributed by atoms with E-state index in [9.17, 15) is 4.79 Å². The Bertz CT molecular complexity index is 892. The van der Waals surface area contributed by atoms with Gasteiger partial charge < -0.3 is 10.6 Å². The number of aromatic nitrogens is 1. The van der Waals surface area contributed by atoms with Crippen LogP contribution in [0.3, 0.4) is 0 Å². The van der Waals surface area contributed by atoms with Crippen LogP contribution in [0, 0.1) is 0 Å². The zero-order chi connectivity index (χ0) is 18.4. The number of carbonyl (C=O) groups excluding carboxylic acids is 1. The molecule has 3 rings (SSSR count). The Morgan fingerprint density at radius 2 is 1.88 bits per heavy atom. The summed E-state index contributed by atoms with van der Waals surface area (Å²) in [5, 5.41) is 7.14. The van der Waals surface area contributed by atoms with Crippen LogP contribution < -0.4 is 21.5 Å². The predicted octanol–water partition coefficient (Wildman–Crippen LogP) is 3.29. The van der Waals surface area contributed by atoms with E-state index in [4.69, 9.17) is 12.2 Å². The van der Waals surface area contributed by atoms with Gasteiger partial charge in [0, 0.05) is 5.69 Å². The van der Waals surface area contributed by atoms with Crippen molar-refractivity contribution in [1.82, 2.24) is 15.8 Å². The molecule has 0 aliphatic carbocycles. The molecule has 3 aromatic rings. The zero-order valence-corrected chi connectivity index (χ0v) is 15.8. The summed E-state index contributed by atoms with van der Waals surface area (Å²) in [5.41, 5.74) is 8.27. The molecular weight excluding hydrogens is 366 g/mol. The lowest BCUT2D eigenvalue weighted by molar-refractivity contribution is -0.119. The lowest BCUT2D eigenvalue weighted by Crippen LogP contribution is -2.46. The largest absolute Gasteiger partial charge is 0.352 e. The number of carbonyl (C=O) groups is 1. The number of anilines is 2. The topological polar surface area (TPSA) is 78.1 Å². The van der Waals surface area contributed by atoms with Crippen molar-refractivity contribution in [1.29, 1.82) is 0 Å². The number of thiazole rings is 1. The number of hydrazine groups is 1. The van der Waals surface area contributed by atoms with Crippen LogP contribution >= 0.6 is 23.6 Å². The van der Waals surface area contributed by atoms with E-state index in [2.05, 4.69) is 33.4 Å². The third-order valence-electron chi connectivity index (χ3n) is 3.66. The number of rotatable bonds is 5. The Labute approximate surface area is 161 Å². The lowest BCUT2D eigenvalue weighted by atomic mass is 10.1. The van der Waals surface area contributed by atoms with Crippen molar-refractivity contribution in [3.8, 4) is 0 Å². The molecule has 0 radical (unpaired) electrons. The fourth-order valence-electron chi connectivity index (χ4n) is 2.38. The molecule has 0 fully saturated rings. The maximum Gasteiger partial charge on any atom is 0.257 e. The average molecular weight is 386 g/mol. The van der Waals surface area contributed by atoms with Gasteiger partial charge in [0.05, 0.1) is 16.8 Å². The summed E-state index contributed by atoms with van der Waals surface area (Å²) >= 11 is 6.72. The minimum atomic E-state index is -0.239. The number of thiocarbonyl (C=S) groups is 1. The maximum atomic E-state index is 12.0. The molecular formula is C18H19N5OS2. The summed E-state index contributed by atoms with van der Waals surface area (Å²) in [5.74, 6) is -0.239. The molecule has 0 aliphatic heterocycles. The van der Waals surface area contributed by atoms with Gasteiger partial charge in [0.2, 0.25) is 0 Å². The molecule has 26 heavy (non-hydrogen) atoms. The first-order valence-electron chi connectivity index (χ1n) is 8.19. The number of para-hydroxylation sites is 2. The fourth-order valence-corrected chi connectivity index (χ4v) is 3.40. The van der Waals surface area contributed by atoms with E-state index >= 15 is 0 Å². The van der Waals surface area contributed by atoms with E-state index in [1.54, 1.807) is 0 Å². The van der Waals surface area contributed by atoms with Crippen molar-refractivity contribution in [2.45, 2.75) is 13.3 Å². The Kier molecular flexibility index (Phi) is 5.98. The number of nitrogens with zero attached hydrogens (tertiary/aromatic N) is 1. The van der Waals surface area contributed by atoms with E-state index in [0.717, 1.165) is 27.9 Å². The second-order valence-electron chi connectivity index (χ2n) is 5.48. The molecule has 8 heteroatoms. The number of benzene rings is 2. The highest BCUT2D eigenvalue weighted by Gasteiger charge is 2.07. The van der Waals surface area contributed by atoms with Crippen molar-refractivity contribution >= 4 is 55.6 Å². The van der Waals surface area contributed by atoms with E-state index in [1.165, 1.54) is 11.3 Å². The van der Waals surface area contributed by atoms with Crippen LogP contribution in [0.1, 0.15) is 12.5 Å². The summed E-state index contributed by atoms with van der Waals surface area (Å²) < 4.78 is 1.08. The molecule has 4 N–H and O–H groups in total. The Morgan fingerprint density at radius 3 is 2.69 bits per heavy atom. The molecule has 1 heterocycles. The quantitative estimate of drug-likeness (QED) is 0.399. The molecule has 134 valence electrons. The van der Waals surface area contributed by atoms with Crippen molar-refractivity contribution in [2.24, 2.45) is 0 Å². The van der Waals surface area contributed by atoms with Gasteiger partial charge in [0.25, 0.3) is 5.91 Å². The van der Waals surface area contributed by atoms with Crippen molar-refractivity contribution < 1.29 is 4.79 Å². The third-order valence-corrected chi connectivity index (χ3v) is 4.85. The highest BCUT2D eigenvalue weighted by atomic mass is 32.1. The molecule has 0 spiro atoms. The summed E-state index contributed by atoms with van der Waals surface area (Å²) in [7, 11) is 0. The molecule has 6 nitrogen and oxygen atoms in total. The van der Waals surface area contributed by atoms with Crippen LogP contribution in [-0.2, 0) is 11.2 Å². The van der Waals surface area contributed by atoms with Gasteiger partial charge >= 0.3 is 0 Å². The smallest absolute Gasteiger partial charge is 0.257 e. The monoisotopic (exact) mass is 385 g/mol. The second kappa shape index (κ2) is 8.59. The lowest BCUT2D eigenvalue weighted by Gasteiger charge is -2.14. The van der Waals surface area contributed by atoms with Crippen molar-refractivity contribution in [2.75, 3.05) is 17.2 Å². The first-order chi connectivity index (χ1) is 12.7. The molecule has 0 unspecified atom stereocenters. The standard InChI is InChI=1S/C18H19N5OS2/c1-2-12-7-3-4-8-13(12)20-17(25)23-22-16(24)11-19-18-21-14-9-5-6-10-15(14)26-18/h3-10H,2,11H2,1H3,(H,19,21)(H,22,24)(H2,20,23,25). The normalized spacial score (nSPS) is 10.3. The first kappa shape index (κ1) is 18.1. The Balaban J connectivity index is 1.45. The summed E-state index contributed by atoms with van der Waals surface area (Å²) in [6.45, 7) is 2.17. The average Bonchev–Trinajstić information content (AvgIpc) is 3.08. The summed E-state index contributed by atoms with van der Waals surface area (Å²) in [6.07, 6.45) is 0.893. The predicted molar refractivity (Wildman–Crippen MR) is 111 cm³/mol. The number of hydrogen-bond acceptors (Lipinski definition) is 5. The van der Waals surface area contributed by atoms with Crippen LogP contribution in [0.5, 0.6) is 0 Å². The minimum absolute atomic E-state index is 0.0982. The molecule has 0 aliphatic rings. The number of fused-ring (bicyclic) bond motifs is 1. The summed E-state index contributed by atoms with van der Waals surface area (Å²) in [6, 6.07) is 15.7. The number of aryl methyl sites for hydroxylation is 1. The van der Waals surface area contributed by atoms with Crippen LogP contribution in [0.4, 0.5) is 10.8 Å². The van der Waals surface area contributed by atoms with E-state index in [1.807, 2.05) is 48.5 Å². The van der Waals surface area contributed by atoms with E-state index in [0.29, 0.717) is 10.2 Å². The van der Waals surface area contributed by atoms with Crippen LogP contribution in [0.15, 0.2) is 48.5 Å². The number of amides is 1. The van der Waals surface area contributed by atoms with Gasteiger partial charge in [-0.25, -0.2) is 4.98 Å². The van der Waals surface area contributed by atoms with Gasteiger partial charge in [-0.2, -0.15) is 0 Å². The molecule has 1 amide bonds. The van der Waals surface area contributed by atoms with Gasteiger partial charge in [0.15, 0.2) is 10.2 Å². The van der Waals surface area contributed by atoms with Crippen LogP contribution in [0.2, 0.25) is 0 Å². The van der Waals surface area contributed by atoms with Gasteiger partial charge in [-0.15, -0.1) is 0 Å². The molecule has 0 saturated carbocycles. The first-order valence-corrected chi connectivity index (χ1v) is 9.41. The highest BCUT2D eigenvalue weighted by Crippen LogP contribution is 2.24. The molecule has 1 aromatic heterocycles. The molecule has 2 aromatic carbocycles. The van der Waals surface area contributed by atoms with Gasteiger partial charge in [0.1, 0.15) is 0 Å². The third kappa shape index (κ3) is 4.68. The molecule has 0 bridgehead atoms. The summed E-state index contributed by atoms with van der Waals surface area (Å²) in [4.78, 5) is 16.4. The van der Waals surface area contributed by atoms with Gasteiger partial charge in [-0.3, -0.25) is 15.6 Å². The SMILES string of the molecule is CCc1ccccc1NC(=S)NNC(=O)CNc1nc2ccccc2s1. The minimum Gasteiger partial charge on any atom is -0.352 e. The molecule has 0 saturated heterocycles. The van der Waals surface area contributed by atoms with Crippen LogP contribution in [0.25, 0.3) is 10.2 Å². The van der Waals surface area contributed by atoms with E-state index in [-0.39, 0.29) is 12.5 Å². The van der Waals surface area contributed by atoms with Crippen LogP contribution in [-0.4, -0.2) is 22.5 Å². The Morgan fingerprint density at radius 1 is 1.12 bits per heavy atom. The fraction of sp³-hybridized carbons (Fsp3) is 0.167. The number of nitrogens with one attached hydrogen (secondary N) is 4. The molecule has 0 atom stereocenters. The van der Waals surface area contributed by atoms with Gasteiger partial charge in [-0.05, 0) is 42.4 Å². The van der Waals surface area contributed by atoms with E-state index < -0.39 is 0 Å². The number of hydrogen-bond donors (Lipinski definition) is 4. The zero-order valence-electron chi connectivity index (χ0n) is 14.2.